The molecule has 0 aliphatic carbocycles. The van der Waals surface area contributed by atoms with Gasteiger partial charge in [-0.3, -0.25) is 0 Å². The van der Waals surface area contributed by atoms with E-state index in [9.17, 15) is 0 Å². The molecule has 0 fully saturated rings. The summed E-state index contributed by atoms with van der Waals surface area (Å²) in [5.41, 5.74) is 4.50. The molecule has 1 aliphatic rings. The summed E-state index contributed by atoms with van der Waals surface area (Å²) in [5, 5.41) is 7.69. The molecule has 0 saturated heterocycles. The monoisotopic (exact) mass is 214 g/mol. The number of fused-ring (bicyclic) bond motifs is 1. The van der Waals surface area contributed by atoms with Crippen molar-refractivity contribution in [2.45, 2.75) is 13.3 Å². The van der Waals surface area contributed by atoms with Gasteiger partial charge in [-0.05, 0) is 37.6 Å². The van der Waals surface area contributed by atoms with Crippen molar-refractivity contribution in [1.82, 2.24) is 19.9 Å². The van der Waals surface area contributed by atoms with E-state index in [0.717, 1.165) is 36.5 Å². The van der Waals surface area contributed by atoms with E-state index in [1.165, 1.54) is 5.57 Å². The van der Waals surface area contributed by atoms with Gasteiger partial charge in [0.05, 0.1) is 11.4 Å². The summed E-state index contributed by atoms with van der Waals surface area (Å²) in [7, 11) is 0. The summed E-state index contributed by atoms with van der Waals surface area (Å²) in [5.74, 6) is 0. The van der Waals surface area contributed by atoms with Crippen LogP contribution in [0.4, 0.5) is 0 Å². The average Bonchev–Trinajstić information content (AvgIpc) is 2.66. The fourth-order valence-electron chi connectivity index (χ4n) is 2.20. The highest BCUT2D eigenvalue weighted by atomic mass is 15.3. The minimum absolute atomic E-state index is 0.925. The van der Waals surface area contributed by atoms with Gasteiger partial charge in [-0.15, -0.1) is 0 Å². The lowest BCUT2D eigenvalue weighted by molar-refractivity contribution is 0.733. The zero-order valence-electron chi connectivity index (χ0n) is 9.27. The lowest BCUT2D eigenvalue weighted by Gasteiger charge is -2.13. The maximum Gasteiger partial charge on any atom is 0.154 e. The molecule has 0 aromatic carbocycles. The zero-order valence-corrected chi connectivity index (χ0v) is 9.27. The van der Waals surface area contributed by atoms with Crippen LogP contribution in [-0.2, 0) is 0 Å². The number of nitrogens with zero attached hydrogens (tertiary/aromatic N) is 3. The SMILES string of the molecule is Cc1nc2cccnn2c1C1=CCNCC1. The molecule has 4 nitrogen and oxygen atoms in total. The predicted octanol–water partition coefficient (Wildman–Crippen LogP) is 1.41. The average molecular weight is 214 g/mol. The Labute approximate surface area is 94.0 Å². The highest BCUT2D eigenvalue weighted by Crippen LogP contribution is 2.23. The van der Waals surface area contributed by atoms with Crippen LogP contribution >= 0.6 is 0 Å². The van der Waals surface area contributed by atoms with Gasteiger partial charge in [0.2, 0.25) is 0 Å². The van der Waals surface area contributed by atoms with Crippen LogP contribution in [0.1, 0.15) is 17.8 Å². The molecule has 0 atom stereocenters. The number of aryl methyl sites for hydroxylation is 1. The van der Waals surface area contributed by atoms with Crippen LogP contribution in [0, 0.1) is 6.92 Å². The topological polar surface area (TPSA) is 42.2 Å². The van der Waals surface area contributed by atoms with Gasteiger partial charge in [-0.2, -0.15) is 5.10 Å². The molecule has 3 heterocycles. The van der Waals surface area contributed by atoms with Crippen LogP contribution in [0.5, 0.6) is 0 Å². The van der Waals surface area contributed by atoms with E-state index in [0.29, 0.717) is 0 Å². The molecule has 1 aliphatic heterocycles. The predicted molar refractivity (Wildman–Crippen MR) is 63.2 cm³/mol. The molecule has 2 aromatic heterocycles. The minimum Gasteiger partial charge on any atom is -0.313 e. The first-order chi connectivity index (χ1) is 7.86. The Kier molecular flexibility index (Phi) is 2.22. The molecular weight excluding hydrogens is 200 g/mol. The lowest BCUT2D eigenvalue weighted by atomic mass is 10.0. The smallest absolute Gasteiger partial charge is 0.154 e. The standard InChI is InChI=1S/C12H14N4/c1-9-12(10-4-7-13-8-5-10)16-11(15-9)3-2-6-14-16/h2-4,6,13H,5,7-8H2,1H3. The molecule has 0 saturated carbocycles. The van der Waals surface area contributed by atoms with Crippen LogP contribution < -0.4 is 5.32 Å². The van der Waals surface area contributed by atoms with E-state index in [4.69, 9.17) is 0 Å². The van der Waals surface area contributed by atoms with Crippen molar-refractivity contribution >= 4 is 11.2 Å². The summed E-state index contributed by atoms with van der Waals surface area (Å²) in [6, 6.07) is 3.91. The number of hydrogen-bond donors (Lipinski definition) is 1. The second-order valence-corrected chi connectivity index (χ2v) is 4.02. The third-order valence-corrected chi connectivity index (χ3v) is 2.94. The Bertz CT molecular complexity index is 553. The van der Waals surface area contributed by atoms with Gasteiger partial charge in [-0.25, -0.2) is 9.50 Å². The van der Waals surface area contributed by atoms with Crippen molar-refractivity contribution in [3.8, 4) is 0 Å². The molecule has 0 amide bonds. The van der Waals surface area contributed by atoms with Crippen molar-refractivity contribution in [3.05, 3.63) is 35.8 Å². The zero-order chi connectivity index (χ0) is 11.0. The highest BCUT2D eigenvalue weighted by molar-refractivity contribution is 5.68. The number of hydrogen-bond acceptors (Lipinski definition) is 3. The van der Waals surface area contributed by atoms with Crippen LogP contribution in [-0.4, -0.2) is 27.7 Å². The van der Waals surface area contributed by atoms with Crippen molar-refractivity contribution < 1.29 is 0 Å². The Morgan fingerprint density at radius 2 is 2.38 bits per heavy atom. The van der Waals surface area contributed by atoms with Gasteiger partial charge in [0, 0.05) is 12.7 Å². The Hall–Kier alpha value is -1.68. The summed E-state index contributed by atoms with van der Waals surface area (Å²) in [6.45, 7) is 4.02. The van der Waals surface area contributed by atoms with Crippen LogP contribution in [0.2, 0.25) is 0 Å². The second-order valence-electron chi connectivity index (χ2n) is 4.02. The molecule has 0 unspecified atom stereocenters. The number of imidazole rings is 1. The normalized spacial score (nSPS) is 16.4. The molecule has 16 heavy (non-hydrogen) atoms. The molecule has 82 valence electrons. The first kappa shape index (κ1) is 9.54. The summed E-state index contributed by atoms with van der Waals surface area (Å²) >= 11 is 0. The molecule has 0 bridgehead atoms. The number of aromatic nitrogens is 3. The van der Waals surface area contributed by atoms with E-state index in [2.05, 4.69) is 21.5 Å². The largest absolute Gasteiger partial charge is 0.313 e. The van der Waals surface area contributed by atoms with Gasteiger partial charge in [0.15, 0.2) is 5.65 Å². The summed E-state index contributed by atoms with van der Waals surface area (Å²) in [6.07, 6.45) is 5.08. The van der Waals surface area contributed by atoms with Crippen molar-refractivity contribution in [1.29, 1.82) is 0 Å². The number of rotatable bonds is 1. The van der Waals surface area contributed by atoms with E-state index >= 15 is 0 Å². The summed E-state index contributed by atoms with van der Waals surface area (Å²) in [4.78, 5) is 4.53. The maximum atomic E-state index is 4.53. The lowest BCUT2D eigenvalue weighted by Crippen LogP contribution is -2.20. The molecular formula is C12H14N4. The minimum atomic E-state index is 0.925. The molecule has 0 spiro atoms. The third-order valence-electron chi connectivity index (χ3n) is 2.94. The van der Waals surface area contributed by atoms with E-state index in [1.54, 1.807) is 6.20 Å². The van der Waals surface area contributed by atoms with E-state index in [-0.39, 0.29) is 0 Å². The van der Waals surface area contributed by atoms with Crippen molar-refractivity contribution in [2.75, 3.05) is 13.1 Å². The van der Waals surface area contributed by atoms with Gasteiger partial charge in [0.25, 0.3) is 0 Å². The summed E-state index contributed by atoms with van der Waals surface area (Å²) < 4.78 is 1.94. The molecule has 2 aromatic rings. The third kappa shape index (κ3) is 1.42. The molecule has 1 N–H and O–H groups in total. The molecule has 4 heteroatoms. The fraction of sp³-hybridized carbons (Fsp3) is 0.333. The first-order valence-corrected chi connectivity index (χ1v) is 5.57. The Morgan fingerprint density at radius 3 is 3.19 bits per heavy atom. The van der Waals surface area contributed by atoms with Crippen LogP contribution in [0.25, 0.3) is 11.2 Å². The van der Waals surface area contributed by atoms with Gasteiger partial charge in [0.1, 0.15) is 0 Å². The first-order valence-electron chi connectivity index (χ1n) is 5.57. The Balaban J connectivity index is 2.21. The van der Waals surface area contributed by atoms with Gasteiger partial charge in [-0.1, -0.05) is 6.08 Å². The molecule has 3 rings (SSSR count). The van der Waals surface area contributed by atoms with E-state index < -0.39 is 0 Å². The van der Waals surface area contributed by atoms with Gasteiger partial charge < -0.3 is 5.32 Å². The van der Waals surface area contributed by atoms with Crippen molar-refractivity contribution in [2.24, 2.45) is 0 Å². The quantitative estimate of drug-likeness (QED) is 0.780. The highest BCUT2D eigenvalue weighted by Gasteiger charge is 2.15. The second kappa shape index (κ2) is 3.72. The Morgan fingerprint density at radius 1 is 1.44 bits per heavy atom. The van der Waals surface area contributed by atoms with Crippen LogP contribution in [0.3, 0.4) is 0 Å². The van der Waals surface area contributed by atoms with Gasteiger partial charge >= 0.3 is 0 Å². The van der Waals surface area contributed by atoms with Crippen LogP contribution in [0.15, 0.2) is 24.4 Å². The van der Waals surface area contributed by atoms with Crippen molar-refractivity contribution in [3.63, 3.8) is 0 Å². The fourth-order valence-corrected chi connectivity index (χ4v) is 2.20. The number of nitrogens with one attached hydrogen (secondary N) is 1. The maximum absolute atomic E-state index is 4.53. The molecule has 0 radical (unpaired) electrons. The van der Waals surface area contributed by atoms with E-state index in [1.807, 2.05) is 23.6 Å².